The predicted molar refractivity (Wildman–Crippen MR) is 221 cm³/mol. The van der Waals surface area contributed by atoms with E-state index < -0.39 is 75.7 Å². The number of rotatable bonds is 36. The molecule has 0 radical (unpaired) electrons. The molecule has 1 aliphatic carbocycles. The Bertz CT molecular complexity index is 1100. The Hall–Kier alpha value is -1.67. The molecule has 8 atom stereocenters. The van der Waals surface area contributed by atoms with Gasteiger partial charge in [0, 0.05) is 12.8 Å². The van der Waals surface area contributed by atoms with Crippen LogP contribution in [0.1, 0.15) is 181 Å². The minimum Gasteiger partial charge on any atom is -0.462 e. The van der Waals surface area contributed by atoms with Crippen LogP contribution in [-0.2, 0) is 32.7 Å². The highest BCUT2D eigenvalue weighted by atomic mass is 31.2. The van der Waals surface area contributed by atoms with Crippen LogP contribution in [0.3, 0.4) is 0 Å². The van der Waals surface area contributed by atoms with Crippen LogP contribution < -0.4 is 0 Å². The highest BCUT2D eigenvalue weighted by Crippen LogP contribution is 2.47. The van der Waals surface area contributed by atoms with Gasteiger partial charge in [-0.1, -0.05) is 134 Å². The molecule has 1 aliphatic rings. The molecule has 1 fully saturated rings. The van der Waals surface area contributed by atoms with Crippen LogP contribution in [0, 0.1) is 0 Å². The molecular formula is C43H79O13P. The summed E-state index contributed by atoms with van der Waals surface area (Å²) in [6.07, 6.45) is 22.4. The molecule has 14 heteroatoms. The Morgan fingerprint density at radius 2 is 0.912 bits per heavy atom. The number of carbonyl (C=O) groups excluding carboxylic acids is 2. The topological polar surface area (TPSA) is 210 Å². The standard InChI is InChI=1S/C43H79O13P/c1-3-5-7-9-11-13-15-16-17-18-19-20-22-24-26-28-30-32-37(45)55-35(33-53-36(44)31-29-27-25-23-21-14-12-10-8-6-4-2)34-54-57(51,52)56-43-41(49)39(47)38(46)40(48)42(43)50/h10,12,16-17,35,38-43,46-50H,3-9,11,13-15,18-34H2,1-2H3,(H,51,52)/b12-10+,17-16+/t35-,38?,39-,40?,41?,42?,43?/m1/s1. The van der Waals surface area contributed by atoms with Gasteiger partial charge in [0.1, 0.15) is 43.2 Å². The van der Waals surface area contributed by atoms with Crippen LogP contribution in [0.25, 0.3) is 0 Å². The van der Waals surface area contributed by atoms with E-state index in [1.165, 1.54) is 70.6 Å². The maximum atomic E-state index is 12.8. The van der Waals surface area contributed by atoms with Gasteiger partial charge < -0.3 is 39.9 Å². The molecule has 0 amide bonds. The lowest BCUT2D eigenvalue weighted by atomic mass is 9.85. The molecule has 1 rings (SSSR count). The van der Waals surface area contributed by atoms with Crippen LogP contribution in [0.2, 0.25) is 0 Å². The molecule has 0 aromatic heterocycles. The summed E-state index contributed by atoms with van der Waals surface area (Å²) in [6, 6.07) is 0. The molecule has 6 N–H and O–H groups in total. The molecule has 0 aliphatic heterocycles. The van der Waals surface area contributed by atoms with Gasteiger partial charge in [0.05, 0.1) is 6.61 Å². The molecule has 334 valence electrons. The van der Waals surface area contributed by atoms with Crippen LogP contribution in [0.4, 0.5) is 0 Å². The van der Waals surface area contributed by atoms with Crippen LogP contribution in [-0.4, -0.2) is 98.3 Å². The Morgan fingerprint density at radius 3 is 1.39 bits per heavy atom. The van der Waals surface area contributed by atoms with E-state index in [0.29, 0.717) is 12.8 Å². The van der Waals surface area contributed by atoms with Crippen molar-refractivity contribution in [2.75, 3.05) is 13.2 Å². The number of esters is 2. The molecule has 0 heterocycles. The lowest BCUT2D eigenvalue weighted by Gasteiger charge is -2.41. The van der Waals surface area contributed by atoms with Crippen molar-refractivity contribution < 1.29 is 63.1 Å². The first kappa shape index (κ1) is 53.3. The van der Waals surface area contributed by atoms with Gasteiger partial charge in [-0.3, -0.25) is 18.6 Å². The molecule has 0 aromatic carbocycles. The fourth-order valence-corrected chi connectivity index (χ4v) is 7.59. The zero-order valence-electron chi connectivity index (χ0n) is 35.1. The number of aliphatic hydroxyl groups is 5. The zero-order valence-corrected chi connectivity index (χ0v) is 36.0. The van der Waals surface area contributed by atoms with Crippen molar-refractivity contribution >= 4 is 19.8 Å². The fourth-order valence-electron chi connectivity index (χ4n) is 6.62. The summed E-state index contributed by atoms with van der Waals surface area (Å²) in [5.41, 5.74) is 0. The van der Waals surface area contributed by atoms with E-state index in [4.69, 9.17) is 18.5 Å². The number of phosphoric ester groups is 1. The quantitative estimate of drug-likeness (QED) is 0.0153. The molecule has 1 saturated carbocycles. The highest BCUT2D eigenvalue weighted by Gasteiger charge is 2.51. The normalized spacial score (nSPS) is 22.9. The first-order chi connectivity index (χ1) is 27.4. The monoisotopic (exact) mass is 835 g/mol. The van der Waals surface area contributed by atoms with Gasteiger partial charge in [0.2, 0.25) is 0 Å². The Balaban J connectivity index is 2.47. The molecule has 0 spiro atoms. The lowest BCUT2D eigenvalue weighted by molar-refractivity contribution is -0.220. The summed E-state index contributed by atoms with van der Waals surface area (Å²) in [7, 11) is -5.11. The first-order valence-electron chi connectivity index (χ1n) is 22.1. The average molecular weight is 835 g/mol. The van der Waals surface area contributed by atoms with Crippen molar-refractivity contribution in [2.45, 2.75) is 224 Å². The second-order valence-corrected chi connectivity index (χ2v) is 16.9. The second kappa shape index (κ2) is 34.1. The van der Waals surface area contributed by atoms with Crippen molar-refractivity contribution in [3.63, 3.8) is 0 Å². The lowest BCUT2D eigenvalue weighted by Crippen LogP contribution is -2.64. The minimum atomic E-state index is -5.11. The number of ether oxygens (including phenoxy) is 2. The van der Waals surface area contributed by atoms with Gasteiger partial charge >= 0.3 is 19.8 Å². The van der Waals surface area contributed by atoms with Gasteiger partial charge in [-0.15, -0.1) is 0 Å². The summed E-state index contributed by atoms with van der Waals surface area (Å²) in [5, 5.41) is 50.0. The minimum absolute atomic E-state index is 0.0915. The molecule has 0 bridgehead atoms. The first-order valence-corrected chi connectivity index (χ1v) is 23.6. The van der Waals surface area contributed by atoms with Crippen molar-refractivity contribution in [3.05, 3.63) is 24.3 Å². The van der Waals surface area contributed by atoms with Crippen LogP contribution in [0.5, 0.6) is 0 Å². The van der Waals surface area contributed by atoms with E-state index in [1.807, 2.05) is 0 Å². The molecular weight excluding hydrogens is 755 g/mol. The van der Waals surface area contributed by atoms with Crippen molar-refractivity contribution in [2.24, 2.45) is 0 Å². The van der Waals surface area contributed by atoms with Gasteiger partial charge in [-0.05, 0) is 57.8 Å². The average Bonchev–Trinajstić information content (AvgIpc) is 3.19. The summed E-state index contributed by atoms with van der Waals surface area (Å²) < 4.78 is 33.4. The Labute approximate surface area is 343 Å². The number of hydrogen-bond acceptors (Lipinski definition) is 12. The highest BCUT2D eigenvalue weighted by molar-refractivity contribution is 7.47. The van der Waals surface area contributed by atoms with Gasteiger partial charge in [-0.2, -0.15) is 0 Å². The number of phosphoric acid groups is 1. The third-order valence-electron chi connectivity index (χ3n) is 10.3. The fraction of sp³-hybridized carbons (Fsp3) is 0.860. The zero-order chi connectivity index (χ0) is 42.2. The molecule has 6 unspecified atom stereocenters. The summed E-state index contributed by atoms with van der Waals surface area (Å²) >= 11 is 0. The molecule has 13 nitrogen and oxygen atoms in total. The number of allylic oxidation sites excluding steroid dienone is 4. The Kier molecular flexibility index (Phi) is 31.9. The third kappa shape index (κ3) is 26.9. The van der Waals surface area contributed by atoms with Gasteiger partial charge in [0.25, 0.3) is 0 Å². The van der Waals surface area contributed by atoms with E-state index in [1.54, 1.807) is 0 Å². The third-order valence-corrected chi connectivity index (χ3v) is 11.3. The number of unbranched alkanes of at least 4 members (excludes halogenated alkanes) is 20. The number of carbonyl (C=O) groups is 2. The number of aliphatic hydroxyl groups excluding tert-OH is 5. The van der Waals surface area contributed by atoms with E-state index in [2.05, 4.69) is 38.2 Å². The van der Waals surface area contributed by atoms with Gasteiger partial charge in [-0.25, -0.2) is 4.57 Å². The van der Waals surface area contributed by atoms with Crippen LogP contribution in [0.15, 0.2) is 24.3 Å². The van der Waals surface area contributed by atoms with Crippen LogP contribution >= 0.6 is 7.82 Å². The van der Waals surface area contributed by atoms with E-state index in [-0.39, 0.29) is 12.8 Å². The maximum Gasteiger partial charge on any atom is 0.472 e. The van der Waals surface area contributed by atoms with Crippen molar-refractivity contribution in [1.29, 1.82) is 0 Å². The second-order valence-electron chi connectivity index (χ2n) is 15.5. The van der Waals surface area contributed by atoms with Crippen molar-refractivity contribution in [1.82, 2.24) is 0 Å². The molecule has 0 aromatic rings. The Morgan fingerprint density at radius 1 is 0.526 bits per heavy atom. The van der Waals surface area contributed by atoms with E-state index >= 15 is 0 Å². The largest absolute Gasteiger partial charge is 0.472 e. The maximum absolute atomic E-state index is 12.8. The summed E-state index contributed by atoms with van der Waals surface area (Å²) in [5.74, 6) is -1.11. The van der Waals surface area contributed by atoms with Gasteiger partial charge in [0.15, 0.2) is 6.10 Å². The SMILES string of the molecule is CCCC/C=C/CCCCCCCC(=O)OC[C@H](COP(=O)(O)OC1C(O)C(O)C(O)[C@@H](O)C1O)OC(=O)CCCCCCCCC/C=C/CCCCCCCC. The molecule has 57 heavy (non-hydrogen) atoms. The molecule has 0 saturated heterocycles. The summed E-state index contributed by atoms with van der Waals surface area (Å²) in [6.45, 7) is 3.23. The summed E-state index contributed by atoms with van der Waals surface area (Å²) in [4.78, 5) is 35.6. The van der Waals surface area contributed by atoms with Crippen molar-refractivity contribution in [3.8, 4) is 0 Å². The van der Waals surface area contributed by atoms with E-state index in [9.17, 15) is 44.6 Å². The predicted octanol–water partition coefficient (Wildman–Crippen LogP) is 8.06. The van der Waals surface area contributed by atoms with E-state index in [0.717, 1.165) is 70.6 Å². The smallest absolute Gasteiger partial charge is 0.462 e. The number of hydrogen-bond donors (Lipinski definition) is 6.